The lowest BCUT2D eigenvalue weighted by molar-refractivity contribution is 0.354. The molecule has 0 aliphatic heterocycles. The van der Waals surface area contributed by atoms with E-state index in [9.17, 15) is 0 Å². The Kier molecular flexibility index (Phi) is 5.20. The molecule has 0 saturated heterocycles. The Labute approximate surface area is 110 Å². The summed E-state index contributed by atoms with van der Waals surface area (Å²) in [5, 5.41) is 7.94. The van der Waals surface area contributed by atoms with E-state index in [1.54, 1.807) is 14.2 Å². The number of nitrogens with one attached hydrogen (secondary N) is 1. The number of benzene rings is 1. The first-order valence-electron chi connectivity index (χ1n) is 6.28. The van der Waals surface area contributed by atoms with Crippen LogP contribution in [0.15, 0.2) is 18.2 Å². The van der Waals surface area contributed by atoms with Gasteiger partial charge in [-0.1, -0.05) is 26.8 Å². The van der Waals surface area contributed by atoms with Crippen LogP contribution in [0.5, 0.6) is 11.5 Å². The fourth-order valence-electron chi connectivity index (χ4n) is 1.84. The smallest absolute Gasteiger partial charge is 0.160 e. The van der Waals surface area contributed by atoms with Crippen LogP contribution in [0.3, 0.4) is 0 Å². The minimum absolute atomic E-state index is 0.313. The van der Waals surface area contributed by atoms with Crippen molar-refractivity contribution in [3.05, 3.63) is 23.8 Å². The van der Waals surface area contributed by atoms with Crippen molar-refractivity contribution in [1.29, 1.82) is 5.41 Å². The second-order valence-electron chi connectivity index (χ2n) is 4.90. The van der Waals surface area contributed by atoms with E-state index in [1.807, 2.05) is 18.2 Å². The van der Waals surface area contributed by atoms with Crippen LogP contribution in [0.1, 0.15) is 38.7 Å². The molecular weight excluding hydrogens is 226 g/mol. The Hall–Kier alpha value is -1.51. The summed E-state index contributed by atoms with van der Waals surface area (Å²) in [6, 6.07) is 5.96. The highest BCUT2D eigenvalue weighted by Crippen LogP contribution is 2.31. The van der Waals surface area contributed by atoms with Crippen LogP contribution in [0.2, 0.25) is 0 Å². The van der Waals surface area contributed by atoms with Crippen molar-refractivity contribution in [2.45, 2.75) is 33.1 Å². The molecule has 100 valence electrons. The maximum Gasteiger partial charge on any atom is 0.160 e. The highest BCUT2D eigenvalue weighted by Gasteiger charge is 2.13. The highest BCUT2D eigenvalue weighted by molar-refractivity contribution is 5.83. The minimum atomic E-state index is 0.313. The number of ether oxygens (including phenoxy) is 2. The monoisotopic (exact) mass is 249 g/mol. The van der Waals surface area contributed by atoms with Crippen LogP contribution in [0.4, 0.5) is 0 Å². The zero-order valence-corrected chi connectivity index (χ0v) is 11.9. The quantitative estimate of drug-likeness (QED) is 0.777. The third kappa shape index (κ3) is 3.49. The third-order valence-electron chi connectivity index (χ3n) is 3.20. The van der Waals surface area contributed by atoms with Crippen LogP contribution >= 0.6 is 0 Å². The van der Waals surface area contributed by atoms with Gasteiger partial charge < -0.3 is 14.9 Å². The van der Waals surface area contributed by atoms with Gasteiger partial charge in [-0.25, -0.2) is 0 Å². The first-order valence-corrected chi connectivity index (χ1v) is 6.28. The van der Waals surface area contributed by atoms with Gasteiger partial charge in [0.05, 0.1) is 14.2 Å². The van der Waals surface area contributed by atoms with Gasteiger partial charge in [0.25, 0.3) is 0 Å². The lowest BCUT2D eigenvalue weighted by Crippen LogP contribution is -2.10. The van der Waals surface area contributed by atoms with Crippen molar-refractivity contribution >= 4 is 5.71 Å². The SMILES string of the molecule is COc1ccc(C(C)CC(=N)C(C)C)cc1OC. The average Bonchev–Trinajstić information content (AvgIpc) is 2.37. The summed E-state index contributed by atoms with van der Waals surface area (Å²) in [5.41, 5.74) is 1.97. The highest BCUT2D eigenvalue weighted by atomic mass is 16.5. The van der Waals surface area contributed by atoms with Crippen LogP contribution in [-0.4, -0.2) is 19.9 Å². The summed E-state index contributed by atoms with van der Waals surface area (Å²) in [6.45, 7) is 6.26. The molecule has 1 N–H and O–H groups in total. The molecule has 0 fully saturated rings. The summed E-state index contributed by atoms with van der Waals surface area (Å²) in [4.78, 5) is 0. The molecule has 18 heavy (non-hydrogen) atoms. The van der Waals surface area contributed by atoms with Gasteiger partial charge in [0.15, 0.2) is 11.5 Å². The molecule has 0 spiro atoms. The molecule has 1 unspecified atom stereocenters. The van der Waals surface area contributed by atoms with E-state index in [2.05, 4.69) is 20.8 Å². The van der Waals surface area contributed by atoms with Crippen molar-refractivity contribution in [3.8, 4) is 11.5 Å². The predicted octanol–water partition coefficient (Wildman–Crippen LogP) is 3.87. The van der Waals surface area contributed by atoms with E-state index in [4.69, 9.17) is 14.9 Å². The molecule has 3 heteroatoms. The second kappa shape index (κ2) is 6.43. The van der Waals surface area contributed by atoms with Gasteiger partial charge in [0, 0.05) is 5.71 Å². The normalized spacial score (nSPS) is 12.3. The first-order chi connectivity index (χ1) is 8.49. The minimum Gasteiger partial charge on any atom is -0.493 e. The number of hydrogen-bond acceptors (Lipinski definition) is 3. The fourth-order valence-corrected chi connectivity index (χ4v) is 1.84. The Balaban J connectivity index is 2.86. The molecule has 1 rings (SSSR count). The van der Waals surface area contributed by atoms with Crippen LogP contribution in [0, 0.1) is 11.3 Å². The van der Waals surface area contributed by atoms with Gasteiger partial charge in [0.2, 0.25) is 0 Å². The second-order valence-corrected chi connectivity index (χ2v) is 4.90. The van der Waals surface area contributed by atoms with Crippen LogP contribution in [-0.2, 0) is 0 Å². The van der Waals surface area contributed by atoms with E-state index in [1.165, 1.54) is 5.56 Å². The topological polar surface area (TPSA) is 42.3 Å². The predicted molar refractivity (Wildman–Crippen MR) is 75.1 cm³/mol. The number of methoxy groups -OCH3 is 2. The molecule has 0 amide bonds. The van der Waals surface area contributed by atoms with E-state index < -0.39 is 0 Å². The first kappa shape index (κ1) is 14.6. The van der Waals surface area contributed by atoms with Gasteiger partial charge in [-0.05, 0) is 36.0 Å². The Bertz CT molecular complexity index is 413. The van der Waals surface area contributed by atoms with Crippen LogP contribution in [0.25, 0.3) is 0 Å². The van der Waals surface area contributed by atoms with Gasteiger partial charge in [-0.2, -0.15) is 0 Å². The average molecular weight is 249 g/mol. The molecule has 0 aromatic heterocycles. The van der Waals surface area contributed by atoms with Crippen LogP contribution < -0.4 is 9.47 Å². The zero-order valence-electron chi connectivity index (χ0n) is 11.9. The molecular formula is C15H23NO2. The molecule has 3 nitrogen and oxygen atoms in total. The maximum absolute atomic E-state index is 7.94. The van der Waals surface area contributed by atoms with E-state index in [0.29, 0.717) is 11.8 Å². The summed E-state index contributed by atoms with van der Waals surface area (Å²) >= 11 is 0. The Morgan fingerprint density at radius 1 is 1.11 bits per heavy atom. The number of rotatable bonds is 6. The zero-order chi connectivity index (χ0) is 13.7. The van der Waals surface area contributed by atoms with Crippen molar-refractivity contribution in [3.63, 3.8) is 0 Å². The van der Waals surface area contributed by atoms with Gasteiger partial charge in [0.1, 0.15) is 0 Å². The lowest BCUT2D eigenvalue weighted by Gasteiger charge is -2.16. The van der Waals surface area contributed by atoms with Gasteiger partial charge in [-0.15, -0.1) is 0 Å². The molecule has 1 aromatic rings. The Morgan fingerprint density at radius 2 is 1.72 bits per heavy atom. The van der Waals surface area contributed by atoms with Crippen molar-refractivity contribution < 1.29 is 9.47 Å². The molecule has 0 aliphatic carbocycles. The van der Waals surface area contributed by atoms with Gasteiger partial charge in [-0.3, -0.25) is 0 Å². The molecule has 0 bridgehead atoms. The van der Waals surface area contributed by atoms with Gasteiger partial charge >= 0.3 is 0 Å². The standard InChI is InChI=1S/C15H23NO2/c1-10(2)13(16)8-11(3)12-6-7-14(17-4)15(9-12)18-5/h6-7,9-11,16H,8H2,1-5H3. The number of hydrogen-bond donors (Lipinski definition) is 1. The molecule has 1 aromatic carbocycles. The molecule has 0 aliphatic rings. The van der Waals surface area contributed by atoms with Crippen molar-refractivity contribution in [2.75, 3.05) is 14.2 Å². The fraction of sp³-hybridized carbons (Fsp3) is 0.533. The molecule has 0 heterocycles. The van der Waals surface area contributed by atoms with E-state index >= 15 is 0 Å². The molecule has 1 atom stereocenters. The summed E-state index contributed by atoms with van der Waals surface area (Å²) in [6.07, 6.45) is 0.785. The third-order valence-corrected chi connectivity index (χ3v) is 3.20. The Morgan fingerprint density at radius 3 is 2.22 bits per heavy atom. The molecule has 0 saturated carbocycles. The summed E-state index contributed by atoms with van der Waals surface area (Å²) < 4.78 is 10.5. The van der Waals surface area contributed by atoms with E-state index in [-0.39, 0.29) is 0 Å². The maximum atomic E-state index is 7.94. The largest absolute Gasteiger partial charge is 0.493 e. The van der Waals surface area contributed by atoms with Crippen molar-refractivity contribution in [1.82, 2.24) is 0 Å². The lowest BCUT2D eigenvalue weighted by atomic mass is 9.91. The van der Waals surface area contributed by atoms with E-state index in [0.717, 1.165) is 23.6 Å². The summed E-state index contributed by atoms with van der Waals surface area (Å²) in [5.74, 6) is 2.12. The molecule has 0 radical (unpaired) electrons. The van der Waals surface area contributed by atoms with Crippen molar-refractivity contribution in [2.24, 2.45) is 5.92 Å². The summed E-state index contributed by atoms with van der Waals surface area (Å²) in [7, 11) is 3.28.